The fraction of sp³-hybridized carbons (Fsp3) is 0.375. The summed E-state index contributed by atoms with van der Waals surface area (Å²) in [6, 6.07) is 14.9. The van der Waals surface area contributed by atoms with Crippen molar-refractivity contribution in [3.63, 3.8) is 0 Å². The first-order valence-electron chi connectivity index (χ1n) is 10.8. The molecule has 162 valence electrons. The van der Waals surface area contributed by atoms with Gasteiger partial charge in [-0.15, -0.1) is 11.8 Å². The quantitative estimate of drug-likeness (QED) is 0.739. The van der Waals surface area contributed by atoms with Crippen LogP contribution in [0.25, 0.3) is 6.08 Å². The van der Waals surface area contributed by atoms with Crippen LogP contribution in [0.1, 0.15) is 19.4 Å². The highest BCUT2D eigenvalue weighted by molar-refractivity contribution is 8.04. The van der Waals surface area contributed by atoms with Crippen molar-refractivity contribution in [3.05, 3.63) is 52.9 Å². The lowest BCUT2D eigenvalue weighted by Crippen LogP contribution is -2.54. The van der Waals surface area contributed by atoms with Crippen LogP contribution in [-0.4, -0.2) is 50.2 Å². The maximum Gasteiger partial charge on any atom is 0.264 e. The van der Waals surface area contributed by atoms with Gasteiger partial charge < -0.3 is 24.6 Å². The molecule has 5 rings (SSSR count). The molecule has 2 unspecified atom stereocenters. The summed E-state index contributed by atoms with van der Waals surface area (Å²) in [7, 11) is 0. The Labute approximate surface area is 187 Å². The lowest BCUT2D eigenvalue weighted by molar-refractivity contribution is -0.114. The number of hydrogen-bond acceptors (Lipinski definition) is 6. The zero-order chi connectivity index (χ0) is 21.4. The molecule has 0 spiro atoms. The van der Waals surface area contributed by atoms with E-state index in [4.69, 9.17) is 9.47 Å². The number of hydrogen-bond donors (Lipinski definition) is 1. The van der Waals surface area contributed by atoms with Crippen molar-refractivity contribution in [2.24, 2.45) is 0 Å². The van der Waals surface area contributed by atoms with E-state index in [2.05, 4.69) is 48.3 Å². The molecule has 0 saturated carbocycles. The number of nitrogens with one attached hydrogen (secondary N) is 1. The Kier molecular flexibility index (Phi) is 5.54. The van der Waals surface area contributed by atoms with Gasteiger partial charge in [0, 0.05) is 54.9 Å². The number of rotatable bonds is 3. The molecule has 3 aliphatic rings. The molecule has 2 saturated heterocycles. The molecule has 7 heteroatoms. The molecule has 0 aliphatic carbocycles. The normalized spacial score (nSPS) is 24.7. The number of carbonyl (C=O) groups excluding carboxylic acids is 1. The molecule has 1 amide bonds. The van der Waals surface area contributed by atoms with Crippen molar-refractivity contribution in [3.8, 4) is 11.5 Å². The minimum Gasteiger partial charge on any atom is -0.454 e. The van der Waals surface area contributed by atoms with Crippen molar-refractivity contribution in [1.29, 1.82) is 0 Å². The van der Waals surface area contributed by atoms with Gasteiger partial charge in [-0.05, 0) is 43.7 Å². The number of thioether (sulfide) groups is 1. The second-order valence-corrected chi connectivity index (χ2v) is 9.36. The minimum absolute atomic E-state index is 0.0339. The first-order chi connectivity index (χ1) is 15.1. The average molecular weight is 438 g/mol. The Morgan fingerprint density at radius 3 is 2.87 bits per heavy atom. The number of anilines is 2. The zero-order valence-corrected chi connectivity index (χ0v) is 18.7. The van der Waals surface area contributed by atoms with Crippen LogP contribution >= 0.6 is 11.8 Å². The molecular formula is C24H27N3O3S. The van der Waals surface area contributed by atoms with Crippen molar-refractivity contribution in [2.45, 2.75) is 25.9 Å². The Bertz CT molecular complexity index is 1020. The van der Waals surface area contributed by atoms with E-state index in [9.17, 15) is 4.79 Å². The van der Waals surface area contributed by atoms with Gasteiger partial charge in [0.2, 0.25) is 6.79 Å². The molecule has 3 heterocycles. The average Bonchev–Trinajstić information content (AvgIpc) is 3.25. The Balaban J connectivity index is 1.44. The zero-order valence-electron chi connectivity index (χ0n) is 17.8. The van der Waals surface area contributed by atoms with Crippen LogP contribution in [-0.2, 0) is 4.79 Å². The van der Waals surface area contributed by atoms with Crippen LogP contribution in [0.5, 0.6) is 11.5 Å². The second-order valence-electron chi connectivity index (χ2n) is 8.22. The summed E-state index contributed by atoms with van der Waals surface area (Å²) in [5.41, 5.74) is 3.12. The van der Waals surface area contributed by atoms with Gasteiger partial charge in [0.25, 0.3) is 5.91 Å². The topological polar surface area (TPSA) is 54.0 Å². The lowest BCUT2D eigenvalue weighted by Gasteiger charge is -2.40. The van der Waals surface area contributed by atoms with Gasteiger partial charge in [0.15, 0.2) is 11.5 Å². The molecule has 0 bridgehead atoms. The van der Waals surface area contributed by atoms with E-state index in [0.29, 0.717) is 24.4 Å². The predicted octanol–water partition coefficient (Wildman–Crippen LogP) is 3.72. The fourth-order valence-electron chi connectivity index (χ4n) is 4.32. The lowest BCUT2D eigenvalue weighted by atomic mass is 10.1. The van der Waals surface area contributed by atoms with Crippen LogP contribution in [0.15, 0.2) is 47.4 Å². The Morgan fingerprint density at radius 1 is 1.13 bits per heavy atom. The van der Waals surface area contributed by atoms with Crippen molar-refractivity contribution in [2.75, 3.05) is 42.0 Å². The molecule has 31 heavy (non-hydrogen) atoms. The van der Waals surface area contributed by atoms with Crippen LogP contribution in [0, 0.1) is 0 Å². The van der Waals surface area contributed by atoms with E-state index in [1.54, 1.807) is 11.8 Å². The third-order valence-corrected chi connectivity index (χ3v) is 6.98. The van der Waals surface area contributed by atoms with E-state index >= 15 is 0 Å². The molecule has 1 N–H and O–H groups in total. The third kappa shape index (κ3) is 4.00. The number of amides is 1. The van der Waals surface area contributed by atoms with Gasteiger partial charge >= 0.3 is 0 Å². The highest BCUT2D eigenvalue weighted by Gasteiger charge is 2.28. The van der Waals surface area contributed by atoms with Gasteiger partial charge in [-0.2, -0.15) is 0 Å². The Morgan fingerprint density at radius 2 is 1.97 bits per heavy atom. The number of para-hydroxylation sites is 1. The van der Waals surface area contributed by atoms with Crippen LogP contribution in [0.3, 0.4) is 0 Å². The highest BCUT2D eigenvalue weighted by atomic mass is 32.2. The van der Waals surface area contributed by atoms with E-state index in [1.807, 2.05) is 29.2 Å². The summed E-state index contributed by atoms with van der Waals surface area (Å²) in [6.07, 6.45) is 2.06. The van der Waals surface area contributed by atoms with Crippen LogP contribution in [0.2, 0.25) is 0 Å². The monoisotopic (exact) mass is 437 g/mol. The maximum atomic E-state index is 13.4. The Hall–Kier alpha value is -2.64. The molecule has 3 aliphatic heterocycles. The molecule has 2 aromatic carbocycles. The van der Waals surface area contributed by atoms with Gasteiger partial charge in [-0.25, -0.2) is 0 Å². The van der Waals surface area contributed by atoms with Crippen LogP contribution < -0.4 is 24.6 Å². The van der Waals surface area contributed by atoms with E-state index < -0.39 is 0 Å². The molecule has 2 fully saturated rings. The SMILES string of the molecule is CC1CN(c2ccccc2C=C2SCCN(c3ccc4c(c3)OCO4)C2=O)C(C)CN1. The summed E-state index contributed by atoms with van der Waals surface area (Å²) < 4.78 is 10.9. The summed E-state index contributed by atoms with van der Waals surface area (Å²) in [4.78, 5) is 18.4. The third-order valence-electron chi connectivity index (χ3n) is 5.99. The van der Waals surface area contributed by atoms with Crippen molar-refractivity contribution >= 4 is 35.1 Å². The molecule has 0 radical (unpaired) electrons. The van der Waals surface area contributed by atoms with Crippen molar-refractivity contribution in [1.82, 2.24) is 5.32 Å². The number of carbonyl (C=O) groups is 1. The van der Waals surface area contributed by atoms with Gasteiger partial charge in [0.1, 0.15) is 0 Å². The summed E-state index contributed by atoms with van der Waals surface area (Å²) in [5, 5.41) is 3.54. The fourth-order valence-corrected chi connectivity index (χ4v) is 5.25. The number of benzene rings is 2. The summed E-state index contributed by atoms with van der Waals surface area (Å²) in [5.74, 6) is 2.31. The van der Waals surface area contributed by atoms with Gasteiger partial charge in [-0.3, -0.25) is 4.79 Å². The van der Waals surface area contributed by atoms with E-state index in [0.717, 1.165) is 40.7 Å². The second kappa shape index (κ2) is 8.48. The number of piperazine rings is 1. The molecule has 0 aromatic heterocycles. The van der Waals surface area contributed by atoms with E-state index in [1.165, 1.54) is 5.69 Å². The van der Waals surface area contributed by atoms with E-state index in [-0.39, 0.29) is 12.7 Å². The van der Waals surface area contributed by atoms with Gasteiger partial charge in [-0.1, -0.05) is 18.2 Å². The number of ether oxygens (including phenoxy) is 2. The standard InChI is InChI=1S/C24H27N3O3S/c1-16-14-27(17(2)13-25-16)20-6-4-3-5-18(20)11-23-24(28)26(9-10-31-23)19-7-8-21-22(12-19)30-15-29-21/h3-8,11-12,16-17,25H,9-10,13-15H2,1-2H3. The predicted molar refractivity (Wildman–Crippen MR) is 126 cm³/mol. The van der Waals surface area contributed by atoms with Crippen molar-refractivity contribution < 1.29 is 14.3 Å². The molecular weight excluding hydrogens is 410 g/mol. The number of fused-ring (bicyclic) bond motifs is 1. The smallest absolute Gasteiger partial charge is 0.264 e. The molecule has 2 aromatic rings. The summed E-state index contributed by atoms with van der Waals surface area (Å²) >= 11 is 1.63. The highest BCUT2D eigenvalue weighted by Crippen LogP contribution is 2.38. The van der Waals surface area contributed by atoms with Gasteiger partial charge in [0.05, 0.1) is 4.91 Å². The first kappa shape index (κ1) is 20.3. The first-order valence-corrected chi connectivity index (χ1v) is 11.7. The number of nitrogens with zero attached hydrogens (tertiary/aromatic N) is 2. The molecule has 6 nitrogen and oxygen atoms in total. The van der Waals surface area contributed by atoms with Crippen LogP contribution in [0.4, 0.5) is 11.4 Å². The summed E-state index contributed by atoms with van der Waals surface area (Å²) in [6.45, 7) is 7.26. The maximum absolute atomic E-state index is 13.4. The largest absolute Gasteiger partial charge is 0.454 e. The molecule has 2 atom stereocenters. The minimum atomic E-state index is 0.0339.